The number of carbonyl (C=O) groups is 1. The van der Waals surface area contributed by atoms with E-state index in [1.54, 1.807) is 0 Å². The molecule has 5 atom stereocenters. The van der Waals surface area contributed by atoms with E-state index >= 15 is 0 Å². The number of aromatic hydroxyl groups is 6. The fourth-order valence-corrected chi connectivity index (χ4v) is 4.75. The molecule has 0 amide bonds. The van der Waals surface area contributed by atoms with E-state index < -0.39 is 88.2 Å². The first-order valence-electron chi connectivity index (χ1n) is 13.0. The van der Waals surface area contributed by atoms with Crippen LogP contribution in [-0.2, 0) is 14.3 Å². The molecule has 14 nitrogen and oxygen atoms in total. The van der Waals surface area contributed by atoms with Gasteiger partial charge in [-0.25, -0.2) is 4.79 Å². The maximum absolute atomic E-state index is 13.0. The fraction of sp³-hybridized carbons (Fsp3) is 0.200. The second-order valence-corrected chi connectivity index (χ2v) is 9.99. The van der Waals surface area contributed by atoms with Gasteiger partial charge in [0.1, 0.15) is 65.4 Å². The lowest BCUT2D eigenvalue weighted by molar-refractivity contribution is -0.234. The summed E-state index contributed by atoms with van der Waals surface area (Å²) < 4.78 is 16.4. The van der Waals surface area contributed by atoms with Gasteiger partial charge in [0.2, 0.25) is 0 Å². The van der Waals surface area contributed by atoms with Crippen LogP contribution in [0.3, 0.4) is 0 Å². The van der Waals surface area contributed by atoms with Crippen molar-refractivity contribution in [1.29, 1.82) is 0 Å². The highest BCUT2D eigenvalue weighted by atomic mass is 16.6. The average Bonchev–Trinajstić information content (AvgIpc) is 2.98. The third-order valence-electron chi connectivity index (χ3n) is 7.07. The van der Waals surface area contributed by atoms with E-state index in [0.29, 0.717) is 5.56 Å². The molecule has 0 spiro atoms. The predicted octanol–water partition coefficient (Wildman–Crippen LogP) is 1.47. The minimum Gasteiger partial charge on any atom is -0.507 e. The monoisotopic (exact) mass is 610 g/mol. The molecule has 1 aliphatic rings. The minimum absolute atomic E-state index is 0.0741. The van der Waals surface area contributed by atoms with Crippen LogP contribution in [0.1, 0.15) is 17.2 Å². The summed E-state index contributed by atoms with van der Waals surface area (Å²) in [5, 5.41) is 91.3. The van der Waals surface area contributed by atoms with Gasteiger partial charge in [-0.2, -0.15) is 0 Å². The van der Waals surface area contributed by atoms with Crippen molar-refractivity contribution in [1.82, 2.24) is 0 Å². The van der Waals surface area contributed by atoms with Gasteiger partial charge in [-0.05, 0) is 42.0 Å². The molecular weight excluding hydrogens is 584 g/mol. The molecule has 230 valence electrons. The number of fused-ring (bicyclic) bond motifs is 1. The van der Waals surface area contributed by atoms with Crippen LogP contribution in [-0.4, -0.2) is 83.0 Å². The van der Waals surface area contributed by atoms with E-state index in [9.17, 15) is 55.5 Å². The number of phenolic OH excluding ortho intramolecular Hbond substituents is 6. The average molecular weight is 611 g/mol. The molecule has 0 unspecified atom stereocenters. The SMILES string of the molecule is O=C(C=Cc1ccc(O)c(O)c1)OC[C@H]1O[C@@H](c2c(O)cc3oc(-c4ccc(O)c(O)c4)cc(=O)c3c2O)[C@H](O)[C@@H](O)[C@@H]1O. The number of ether oxygens (including phenoxy) is 2. The van der Waals surface area contributed by atoms with Crippen LogP contribution in [0.2, 0.25) is 0 Å². The molecular formula is C30H26O14. The van der Waals surface area contributed by atoms with E-state index in [1.165, 1.54) is 36.4 Å². The first-order chi connectivity index (χ1) is 20.8. The second kappa shape index (κ2) is 11.8. The molecule has 4 aromatic rings. The molecule has 3 aromatic carbocycles. The van der Waals surface area contributed by atoms with E-state index in [2.05, 4.69) is 0 Å². The van der Waals surface area contributed by atoms with Gasteiger partial charge in [0, 0.05) is 23.8 Å². The first-order valence-corrected chi connectivity index (χ1v) is 13.0. The number of esters is 1. The second-order valence-electron chi connectivity index (χ2n) is 9.99. The topological polar surface area (TPSA) is 248 Å². The van der Waals surface area contributed by atoms with E-state index in [1.807, 2.05) is 0 Å². The van der Waals surface area contributed by atoms with E-state index in [4.69, 9.17) is 13.9 Å². The smallest absolute Gasteiger partial charge is 0.330 e. The normalized spacial score (nSPS) is 21.9. The van der Waals surface area contributed by atoms with Crippen LogP contribution < -0.4 is 5.43 Å². The minimum atomic E-state index is -1.92. The molecule has 1 aromatic heterocycles. The van der Waals surface area contributed by atoms with Gasteiger partial charge in [-0.1, -0.05) is 6.07 Å². The molecule has 5 rings (SSSR count). The lowest BCUT2D eigenvalue weighted by Gasteiger charge is -2.40. The Bertz CT molecular complexity index is 1830. The Kier molecular flexibility index (Phi) is 8.08. The molecule has 0 radical (unpaired) electrons. The Morgan fingerprint density at radius 3 is 2.16 bits per heavy atom. The molecule has 1 aliphatic heterocycles. The van der Waals surface area contributed by atoms with Gasteiger partial charge in [-0.3, -0.25) is 4.79 Å². The van der Waals surface area contributed by atoms with Crippen molar-refractivity contribution in [2.75, 3.05) is 6.61 Å². The Balaban J connectivity index is 1.40. The van der Waals surface area contributed by atoms with Crippen molar-refractivity contribution >= 4 is 23.0 Å². The van der Waals surface area contributed by atoms with Crippen LogP contribution in [0.15, 0.2) is 63.8 Å². The Morgan fingerprint density at radius 1 is 0.795 bits per heavy atom. The van der Waals surface area contributed by atoms with Gasteiger partial charge < -0.3 is 59.8 Å². The quantitative estimate of drug-likeness (QED) is 0.0852. The highest BCUT2D eigenvalue weighted by Crippen LogP contribution is 2.45. The number of hydrogen-bond donors (Lipinski definition) is 9. The zero-order chi connectivity index (χ0) is 31.9. The number of carbonyl (C=O) groups excluding carboxylic acids is 1. The molecule has 14 heteroatoms. The van der Waals surface area contributed by atoms with Gasteiger partial charge in [0.15, 0.2) is 28.4 Å². The predicted molar refractivity (Wildman–Crippen MR) is 150 cm³/mol. The van der Waals surface area contributed by atoms with Crippen molar-refractivity contribution in [2.24, 2.45) is 0 Å². The van der Waals surface area contributed by atoms with Crippen molar-refractivity contribution in [3.8, 4) is 45.8 Å². The van der Waals surface area contributed by atoms with Crippen molar-refractivity contribution < 1.29 is 64.6 Å². The van der Waals surface area contributed by atoms with Gasteiger partial charge >= 0.3 is 5.97 Å². The lowest BCUT2D eigenvalue weighted by Crippen LogP contribution is -2.55. The number of benzene rings is 3. The molecule has 1 saturated heterocycles. The Labute approximate surface area is 246 Å². The molecule has 44 heavy (non-hydrogen) atoms. The van der Waals surface area contributed by atoms with E-state index in [-0.39, 0.29) is 22.7 Å². The summed E-state index contributed by atoms with van der Waals surface area (Å²) in [5.41, 5.74) is -1.05. The van der Waals surface area contributed by atoms with Crippen LogP contribution in [0.4, 0.5) is 0 Å². The fourth-order valence-electron chi connectivity index (χ4n) is 4.75. The number of aliphatic hydroxyl groups is 3. The standard InChI is InChI=1S/C30H26O14/c31-14-4-1-12(7-16(14)33)2-6-23(37)42-11-22-26(38)28(40)29(41)30(44-22)25-19(36)10-21-24(27(25)39)18(35)9-20(43-21)13-3-5-15(32)17(34)8-13/h1-10,22,26,28-34,36,38-41H,11H2/t22-,26-,28+,29-,30+/m1/s1. The van der Waals surface area contributed by atoms with E-state index in [0.717, 1.165) is 24.3 Å². The molecule has 0 aliphatic carbocycles. The Morgan fingerprint density at radius 2 is 1.48 bits per heavy atom. The maximum atomic E-state index is 13.0. The zero-order valence-corrected chi connectivity index (χ0v) is 22.4. The first kappa shape index (κ1) is 30.2. The highest BCUT2D eigenvalue weighted by Gasteiger charge is 2.46. The van der Waals surface area contributed by atoms with Crippen molar-refractivity contribution in [2.45, 2.75) is 30.5 Å². The molecule has 0 bridgehead atoms. The largest absolute Gasteiger partial charge is 0.507 e. The van der Waals surface area contributed by atoms with Gasteiger partial charge in [0.05, 0.1) is 5.56 Å². The summed E-state index contributed by atoms with van der Waals surface area (Å²) in [4.78, 5) is 25.3. The molecule has 0 saturated carbocycles. The Hall–Kier alpha value is -5.28. The van der Waals surface area contributed by atoms with Gasteiger partial charge in [0.25, 0.3) is 0 Å². The summed E-state index contributed by atoms with van der Waals surface area (Å²) in [6.45, 7) is -0.647. The lowest BCUT2D eigenvalue weighted by atomic mass is 9.89. The zero-order valence-electron chi connectivity index (χ0n) is 22.4. The summed E-state index contributed by atoms with van der Waals surface area (Å²) in [6.07, 6.45) is -6.52. The summed E-state index contributed by atoms with van der Waals surface area (Å²) in [6, 6.07) is 9.42. The number of aliphatic hydroxyl groups excluding tert-OH is 3. The molecule has 2 heterocycles. The third-order valence-corrected chi connectivity index (χ3v) is 7.07. The summed E-state index contributed by atoms with van der Waals surface area (Å²) in [5.74, 6) is -4.21. The number of hydrogen-bond acceptors (Lipinski definition) is 14. The van der Waals surface area contributed by atoms with Crippen LogP contribution in [0.25, 0.3) is 28.4 Å². The van der Waals surface area contributed by atoms with Crippen LogP contribution >= 0.6 is 0 Å². The maximum Gasteiger partial charge on any atom is 0.330 e. The summed E-state index contributed by atoms with van der Waals surface area (Å²) >= 11 is 0. The van der Waals surface area contributed by atoms with Crippen LogP contribution in [0.5, 0.6) is 34.5 Å². The number of phenols is 6. The molecule has 9 N–H and O–H groups in total. The molecule has 1 fully saturated rings. The third kappa shape index (κ3) is 5.69. The number of rotatable bonds is 6. The highest BCUT2D eigenvalue weighted by molar-refractivity contribution is 5.88. The van der Waals surface area contributed by atoms with Crippen molar-refractivity contribution in [3.63, 3.8) is 0 Å². The van der Waals surface area contributed by atoms with Crippen molar-refractivity contribution in [3.05, 3.63) is 76.0 Å². The van der Waals surface area contributed by atoms with Gasteiger partial charge in [-0.15, -0.1) is 0 Å². The summed E-state index contributed by atoms with van der Waals surface area (Å²) in [7, 11) is 0. The van der Waals surface area contributed by atoms with Crippen LogP contribution in [0, 0.1) is 0 Å².